The van der Waals surface area contributed by atoms with Gasteiger partial charge in [0.05, 0.1) is 18.4 Å². The average Bonchev–Trinajstić information content (AvgIpc) is 3.56. The van der Waals surface area contributed by atoms with Crippen LogP contribution in [0, 0.1) is 17.5 Å². The fourth-order valence-electron chi connectivity index (χ4n) is 6.16. The maximum Gasteiger partial charge on any atom is 0.248 e. The molecule has 3 aromatic rings. The molecule has 1 aromatic heterocycles. The van der Waals surface area contributed by atoms with Crippen molar-refractivity contribution in [2.75, 3.05) is 20.3 Å². The summed E-state index contributed by atoms with van der Waals surface area (Å²) in [6, 6.07) is 9.42. The van der Waals surface area contributed by atoms with Crippen molar-refractivity contribution in [2.24, 2.45) is 0 Å². The fraction of sp³-hybridized carbons (Fsp3) is 0.531. The number of benzene rings is 2. The summed E-state index contributed by atoms with van der Waals surface area (Å²) in [5.74, 6) is -8.08. The first-order valence-electron chi connectivity index (χ1n) is 15.4. The Balaban J connectivity index is 1.49. The van der Waals surface area contributed by atoms with Crippen molar-refractivity contribution >= 4 is 17.7 Å². The Hall–Kier alpha value is -3.15. The molecule has 10 nitrogen and oxygen atoms in total. The van der Waals surface area contributed by atoms with E-state index in [0.29, 0.717) is 0 Å². The number of halogens is 5. The minimum atomic E-state index is -3.01. The van der Waals surface area contributed by atoms with Crippen LogP contribution >= 0.6 is 11.8 Å². The maximum absolute atomic E-state index is 14.3. The summed E-state index contributed by atoms with van der Waals surface area (Å²) in [6.07, 6.45) is -4.66. The third kappa shape index (κ3) is 7.53. The summed E-state index contributed by atoms with van der Waals surface area (Å²) in [7, 11) is 1.30. The van der Waals surface area contributed by atoms with Crippen molar-refractivity contribution in [1.82, 2.24) is 19.9 Å². The standard InChI is InChI=1S/C32H37F5N4O6S/c1-3-40(15-18-7-5-4-6-8-18)29(44)28(31(45)9-11-32(36,37)12-10-31)48-30-27(46-2)25(26(43)23(17-42)47-30)41-16-22(38-39-41)19-13-20(33)24(35)21(34)14-19/h4-8,13-14,16,23,25-28,30,42-43,45H,3,9-12,15,17H2,1-2H3/t23-,25+,26+,27-,28?,30+/m1/s1. The Morgan fingerprint density at radius 2 is 1.79 bits per heavy atom. The zero-order valence-corrected chi connectivity index (χ0v) is 27.0. The Morgan fingerprint density at radius 3 is 2.38 bits per heavy atom. The molecule has 0 radical (unpaired) electrons. The van der Waals surface area contributed by atoms with Gasteiger partial charge in [-0.15, -0.1) is 16.9 Å². The van der Waals surface area contributed by atoms with Crippen molar-refractivity contribution in [1.29, 1.82) is 0 Å². The van der Waals surface area contributed by atoms with E-state index in [4.69, 9.17) is 9.47 Å². The maximum atomic E-state index is 14.3. The van der Waals surface area contributed by atoms with Gasteiger partial charge in [-0.1, -0.05) is 35.5 Å². The highest BCUT2D eigenvalue weighted by molar-refractivity contribution is 8.01. The Kier molecular flexibility index (Phi) is 11.1. The molecule has 1 amide bonds. The molecule has 1 aliphatic carbocycles. The van der Waals surface area contributed by atoms with Gasteiger partial charge in [0.2, 0.25) is 11.8 Å². The van der Waals surface area contributed by atoms with E-state index in [1.807, 2.05) is 30.3 Å². The summed E-state index contributed by atoms with van der Waals surface area (Å²) in [5, 5.41) is 39.9. The smallest absolute Gasteiger partial charge is 0.248 e. The molecule has 0 spiro atoms. The number of nitrogens with zero attached hydrogens (tertiary/aromatic N) is 4. The number of hydrogen-bond acceptors (Lipinski definition) is 9. The molecular weight excluding hydrogens is 663 g/mol. The van der Waals surface area contributed by atoms with Crippen molar-refractivity contribution in [3.05, 3.63) is 71.7 Å². The zero-order chi connectivity index (χ0) is 34.8. The highest BCUT2D eigenvalue weighted by Gasteiger charge is 2.54. The second-order valence-electron chi connectivity index (χ2n) is 12.1. The molecule has 1 saturated carbocycles. The van der Waals surface area contributed by atoms with E-state index in [-0.39, 0.29) is 37.2 Å². The highest BCUT2D eigenvalue weighted by atomic mass is 32.2. The predicted molar refractivity (Wildman–Crippen MR) is 164 cm³/mol. The minimum Gasteiger partial charge on any atom is -0.394 e. The van der Waals surface area contributed by atoms with Gasteiger partial charge in [0, 0.05) is 38.6 Å². The van der Waals surface area contributed by atoms with Gasteiger partial charge in [-0.05, 0) is 37.5 Å². The number of thioether (sulfide) groups is 1. The Bertz CT molecular complexity index is 1540. The number of carbonyl (C=O) groups is 1. The van der Waals surface area contributed by atoms with Crippen LogP contribution in [0.2, 0.25) is 0 Å². The van der Waals surface area contributed by atoms with Gasteiger partial charge in [-0.25, -0.2) is 26.6 Å². The van der Waals surface area contributed by atoms with Crippen molar-refractivity contribution in [3.8, 4) is 11.3 Å². The summed E-state index contributed by atoms with van der Waals surface area (Å²) in [4.78, 5) is 15.8. The number of alkyl halides is 2. The van der Waals surface area contributed by atoms with Crippen LogP contribution in [-0.4, -0.2) is 102 Å². The Labute approximate surface area is 277 Å². The number of carbonyl (C=O) groups excluding carboxylic acids is 1. The molecule has 2 aromatic carbocycles. The first-order chi connectivity index (χ1) is 22.8. The van der Waals surface area contributed by atoms with Gasteiger partial charge >= 0.3 is 0 Å². The minimum absolute atomic E-state index is 0.0731. The molecule has 262 valence electrons. The Morgan fingerprint density at radius 1 is 1.15 bits per heavy atom. The molecule has 3 N–H and O–H groups in total. The molecule has 2 heterocycles. The van der Waals surface area contributed by atoms with Crippen LogP contribution in [0.5, 0.6) is 0 Å². The number of hydrogen-bond donors (Lipinski definition) is 3. The second-order valence-corrected chi connectivity index (χ2v) is 13.3. The van der Waals surface area contributed by atoms with E-state index >= 15 is 0 Å². The number of aliphatic hydroxyl groups is 3. The predicted octanol–water partition coefficient (Wildman–Crippen LogP) is 4.09. The largest absolute Gasteiger partial charge is 0.394 e. The lowest BCUT2D eigenvalue weighted by Gasteiger charge is -2.47. The normalized spacial score (nSPS) is 25.8. The van der Waals surface area contributed by atoms with E-state index in [0.717, 1.165) is 34.1 Å². The molecular formula is C32H37F5N4O6S. The molecule has 16 heteroatoms. The van der Waals surface area contributed by atoms with Crippen LogP contribution in [0.25, 0.3) is 11.3 Å². The van der Waals surface area contributed by atoms with Crippen LogP contribution in [-0.2, 0) is 20.8 Å². The van der Waals surface area contributed by atoms with Gasteiger partial charge in [0.15, 0.2) is 17.5 Å². The van der Waals surface area contributed by atoms with Crippen LogP contribution in [0.3, 0.4) is 0 Å². The summed E-state index contributed by atoms with van der Waals surface area (Å²) < 4.78 is 83.0. The molecule has 1 saturated heterocycles. The first kappa shape index (κ1) is 36.1. The van der Waals surface area contributed by atoms with Gasteiger partial charge in [0.1, 0.15) is 40.7 Å². The molecule has 48 heavy (non-hydrogen) atoms. The molecule has 6 atom stereocenters. The van der Waals surface area contributed by atoms with Gasteiger partial charge in [-0.2, -0.15) is 0 Å². The third-order valence-corrected chi connectivity index (χ3v) is 10.5. The number of amides is 1. The van der Waals surface area contributed by atoms with Crippen LogP contribution < -0.4 is 0 Å². The van der Waals surface area contributed by atoms with E-state index in [2.05, 4.69) is 10.3 Å². The average molecular weight is 701 g/mol. The van der Waals surface area contributed by atoms with Crippen molar-refractivity contribution in [2.45, 2.75) is 85.7 Å². The van der Waals surface area contributed by atoms with Crippen molar-refractivity contribution in [3.63, 3.8) is 0 Å². The van der Waals surface area contributed by atoms with E-state index in [1.54, 1.807) is 6.92 Å². The van der Waals surface area contributed by atoms with Crippen LogP contribution in [0.1, 0.15) is 44.2 Å². The molecule has 0 bridgehead atoms. The lowest BCUT2D eigenvalue weighted by Crippen LogP contribution is -2.59. The van der Waals surface area contributed by atoms with E-state index < -0.39 is 89.4 Å². The fourth-order valence-corrected chi connectivity index (χ4v) is 7.81. The number of ether oxygens (including phenoxy) is 2. The summed E-state index contributed by atoms with van der Waals surface area (Å²) in [6.45, 7) is 1.49. The lowest BCUT2D eigenvalue weighted by molar-refractivity contribution is -0.186. The van der Waals surface area contributed by atoms with Gasteiger partial charge in [-0.3, -0.25) is 4.79 Å². The second kappa shape index (κ2) is 14.8. The number of methoxy groups -OCH3 is 1. The number of aliphatic hydroxyl groups excluding tert-OH is 2. The summed E-state index contributed by atoms with van der Waals surface area (Å²) in [5.41, 5.74) is -2.44. The summed E-state index contributed by atoms with van der Waals surface area (Å²) >= 11 is 0.837. The molecule has 2 aliphatic rings. The van der Waals surface area contributed by atoms with Crippen LogP contribution in [0.15, 0.2) is 48.7 Å². The molecule has 2 fully saturated rings. The first-order valence-corrected chi connectivity index (χ1v) is 16.4. The number of rotatable bonds is 11. The van der Waals surface area contributed by atoms with Gasteiger partial charge in [0.25, 0.3) is 0 Å². The van der Waals surface area contributed by atoms with E-state index in [1.165, 1.54) is 18.2 Å². The third-order valence-electron chi connectivity index (χ3n) is 8.93. The topological polar surface area (TPSA) is 130 Å². The van der Waals surface area contributed by atoms with Gasteiger partial charge < -0.3 is 29.7 Å². The van der Waals surface area contributed by atoms with Crippen molar-refractivity contribution < 1.29 is 51.5 Å². The highest BCUT2D eigenvalue weighted by Crippen LogP contribution is 2.47. The molecule has 5 rings (SSSR count). The lowest BCUT2D eigenvalue weighted by atomic mass is 9.80. The van der Waals surface area contributed by atoms with E-state index in [9.17, 15) is 42.1 Å². The molecule has 1 unspecified atom stereocenters. The SMILES string of the molecule is CCN(Cc1ccccc1)C(=O)C(S[C@@H]1O[C@H](CO)[C@H](O)[C@H](n2cc(-c3cc(F)c(F)c(F)c3)nn2)[C@H]1OC)C1(O)CCC(F)(F)CC1. The monoisotopic (exact) mass is 700 g/mol. The zero-order valence-electron chi connectivity index (χ0n) is 26.2. The number of aromatic nitrogens is 3. The molecule has 1 aliphatic heterocycles. The van der Waals surface area contributed by atoms with Crippen LogP contribution in [0.4, 0.5) is 22.0 Å². The quantitative estimate of drug-likeness (QED) is 0.200.